The molecule has 16 heavy (non-hydrogen) atoms. The number of nitrogens with zero attached hydrogens (tertiary/aromatic N) is 3. The number of oxazole rings is 1. The third-order valence-corrected chi connectivity index (χ3v) is 3.34. The minimum atomic E-state index is 0.456. The Balaban J connectivity index is 2.09. The van der Waals surface area contributed by atoms with E-state index in [1.165, 1.54) is 32.1 Å². The van der Waals surface area contributed by atoms with Crippen LogP contribution in [-0.4, -0.2) is 19.7 Å². The van der Waals surface area contributed by atoms with Gasteiger partial charge in [-0.15, -0.1) is 0 Å². The van der Waals surface area contributed by atoms with Crippen LogP contribution in [-0.2, 0) is 0 Å². The molecule has 5 nitrogen and oxygen atoms in total. The molecule has 1 N–H and O–H groups in total. The smallest absolute Gasteiger partial charge is 0.195 e. The number of nitrogens with one attached hydrogen (secondary N) is 1. The topological polar surface area (TPSA) is 59.6 Å². The SMILES string of the molecule is S=c1[nH]nc(-c2cocn2)n1C1CCCC1. The van der Waals surface area contributed by atoms with Gasteiger partial charge in [0, 0.05) is 6.04 Å². The standard InChI is InChI=1S/C10H12N4OS/c16-10-13-12-9(8-5-15-6-11-8)14(10)7-3-1-2-4-7/h5-7H,1-4H2,(H,13,16). The maximum absolute atomic E-state index is 5.27. The molecular weight excluding hydrogens is 224 g/mol. The molecule has 3 rings (SSSR count). The van der Waals surface area contributed by atoms with Gasteiger partial charge in [0.1, 0.15) is 12.0 Å². The lowest BCUT2D eigenvalue weighted by Crippen LogP contribution is -2.06. The van der Waals surface area contributed by atoms with Crippen molar-refractivity contribution in [1.29, 1.82) is 0 Å². The highest BCUT2D eigenvalue weighted by molar-refractivity contribution is 7.71. The van der Waals surface area contributed by atoms with E-state index < -0.39 is 0 Å². The molecule has 0 aromatic carbocycles. The molecule has 0 amide bonds. The minimum Gasteiger partial charge on any atom is -0.451 e. The van der Waals surface area contributed by atoms with Gasteiger partial charge in [0.05, 0.1) is 0 Å². The second-order valence-electron chi connectivity index (χ2n) is 4.03. The zero-order valence-electron chi connectivity index (χ0n) is 8.72. The lowest BCUT2D eigenvalue weighted by Gasteiger charge is -2.12. The average molecular weight is 236 g/mol. The zero-order valence-corrected chi connectivity index (χ0v) is 9.54. The second kappa shape index (κ2) is 3.86. The first-order valence-electron chi connectivity index (χ1n) is 5.42. The Morgan fingerprint density at radius 2 is 2.25 bits per heavy atom. The van der Waals surface area contributed by atoms with Crippen LogP contribution in [0, 0.1) is 4.77 Å². The van der Waals surface area contributed by atoms with Gasteiger partial charge in [-0.1, -0.05) is 12.8 Å². The van der Waals surface area contributed by atoms with Crippen molar-refractivity contribution < 1.29 is 4.42 Å². The molecule has 2 aromatic heterocycles. The predicted octanol–water partition coefficient (Wildman–Crippen LogP) is 2.71. The largest absolute Gasteiger partial charge is 0.451 e. The Hall–Kier alpha value is -1.43. The molecule has 84 valence electrons. The monoisotopic (exact) mass is 236 g/mol. The average Bonchev–Trinajstić information content (AvgIpc) is 2.96. The van der Waals surface area contributed by atoms with Crippen LogP contribution in [0.25, 0.3) is 11.5 Å². The fourth-order valence-electron chi connectivity index (χ4n) is 2.31. The van der Waals surface area contributed by atoms with Gasteiger partial charge >= 0.3 is 0 Å². The van der Waals surface area contributed by atoms with E-state index in [4.69, 9.17) is 16.6 Å². The molecule has 1 saturated carbocycles. The Morgan fingerprint density at radius 1 is 1.44 bits per heavy atom. The van der Waals surface area contributed by atoms with Crippen LogP contribution >= 0.6 is 12.2 Å². The molecule has 2 heterocycles. The van der Waals surface area contributed by atoms with Crippen molar-refractivity contribution in [3.63, 3.8) is 0 Å². The molecule has 6 heteroatoms. The number of rotatable bonds is 2. The highest BCUT2D eigenvalue weighted by atomic mass is 32.1. The third-order valence-electron chi connectivity index (χ3n) is 3.06. The summed E-state index contributed by atoms with van der Waals surface area (Å²) in [6, 6.07) is 0.456. The van der Waals surface area contributed by atoms with E-state index in [1.807, 2.05) is 0 Å². The second-order valence-corrected chi connectivity index (χ2v) is 4.42. The van der Waals surface area contributed by atoms with Crippen molar-refractivity contribution in [2.45, 2.75) is 31.7 Å². The van der Waals surface area contributed by atoms with Gasteiger partial charge in [0.2, 0.25) is 0 Å². The van der Waals surface area contributed by atoms with E-state index in [9.17, 15) is 0 Å². The van der Waals surface area contributed by atoms with Crippen molar-refractivity contribution >= 4 is 12.2 Å². The minimum absolute atomic E-state index is 0.456. The molecule has 1 aliphatic rings. The van der Waals surface area contributed by atoms with E-state index in [2.05, 4.69) is 19.7 Å². The van der Waals surface area contributed by atoms with E-state index >= 15 is 0 Å². The van der Waals surface area contributed by atoms with E-state index in [-0.39, 0.29) is 0 Å². The number of H-pyrrole nitrogens is 1. The quantitative estimate of drug-likeness (QED) is 0.814. The molecule has 0 bridgehead atoms. The predicted molar refractivity (Wildman–Crippen MR) is 60.4 cm³/mol. The summed E-state index contributed by atoms with van der Waals surface area (Å²) in [5.41, 5.74) is 0.735. The molecule has 0 spiro atoms. The van der Waals surface area contributed by atoms with Crippen molar-refractivity contribution in [3.8, 4) is 11.5 Å². The molecule has 0 unspecified atom stereocenters. The Morgan fingerprint density at radius 3 is 2.94 bits per heavy atom. The maximum Gasteiger partial charge on any atom is 0.195 e. The lowest BCUT2D eigenvalue weighted by atomic mass is 10.2. The van der Waals surface area contributed by atoms with Gasteiger partial charge in [0.25, 0.3) is 0 Å². The molecule has 0 atom stereocenters. The highest BCUT2D eigenvalue weighted by Crippen LogP contribution is 2.32. The zero-order chi connectivity index (χ0) is 11.0. The van der Waals surface area contributed by atoms with Crippen LogP contribution in [0.1, 0.15) is 31.7 Å². The van der Waals surface area contributed by atoms with E-state index in [0.717, 1.165) is 11.5 Å². The Labute approximate surface area is 97.5 Å². The maximum atomic E-state index is 5.27. The van der Waals surface area contributed by atoms with Crippen LogP contribution in [0.5, 0.6) is 0 Å². The van der Waals surface area contributed by atoms with Gasteiger partial charge < -0.3 is 4.42 Å². The van der Waals surface area contributed by atoms with Crippen molar-refractivity contribution in [1.82, 2.24) is 19.7 Å². The normalized spacial score (nSPS) is 17.0. The molecule has 1 fully saturated rings. The van der Waals surface area contributed by atoms with Gasteiger partial charge in [-0.3, -0.25) is 9.67 Å². The van der Waals surface area contributed by atoms with Gasteiger partial charge in [-0.05, 0) is 25.1 Å². The molecular formula is C10H12N4OS. The first-order valence-corrected chi connectivity index (χ1v) is 5.82. The van der Waals surface area contributed by atoms with Gasteiger partial charge in [-0.25, -0.2) is 4.98 Å². The summed E-state index contributed by atoms with van der Waals surface area (Å²) >= 11 is 5.27. The first kappa shape index (κ1) is 9.77. The number of aromatic amines is 1. The molecule has 1 aliphatic carbocycles. The highest BCUT2D eigenvalue weighted by Gasteiger charge is 2.22. The molecule has 0 aliphatic heterocycles. The summed E-state index contributed by atoms with van der Waals surface area (Å²) < 4.78 is 7.72. The first-order chi connectivity index (χ1) is 7.86. The van der Waals surface area contributed by atoms with Crippen LogP contribution in [0.2, 0.25) is 0 Å². The summed E-state index contributed by atoms with van der Waals surface area (Å²) in [6.07, 6.45) is 7.85. The summed E-state index contributed by atoms with van der Waals surface area (Å²) in [7, 11) is 0. The molecule has 0 saturated heterocycles. The van der Waals surface area contributed by atoms with Crippen LogP contribution < -0.4 is 0 Å². The number of hydrogen-bond donors (Lipinski definition) is 1. The fourth-order valence-corrected chi connectivity index (χ4v) is 2.59. The van der Waals surface area contributed by atoms with Crippen LogP contribution in [0.4, 0.5) is 0 Å². The Kier molecular flexibility index (Phi) is 2.36. The molecule has 2 aromatic rings. The van der Waals surface area contributed by atoms with Gasteiger partial charge in [-0.2, -0.15) is 5.10 Å². The summed E-state index contributed by atoms with van der Waals surface area (Å²) in [5, 5.41) is 7.06. The fraction of sp³-hybridized carbons (Fsp3) is 0.500. The number of aromatic nitrogens is 4. The van der Waals surface area contributed by atoms with Crippen LogP contribution in [0.3, 0.4) is 0 Å². The summed E-state index contributed by atoms with van der Waals surface area (Å²) in [4.78, 5) is 4.12. The van der Waals surface area contributed by atoms with E-state index in [0.29, 0.717) is 10.8 Å². The summed E-state index contributed by atoms with van der Waals surface area (Å²) in [5.74, 6) is 0.783. The lowest BCUT2D eigenvalue weighted by molar-refractivity contribution is 0.515. The number of hydrogen-bond acceptors (Lipinski definition) is 4. The van der Waals surface area contributed by atoms with Gasteiger partial charge in [0.15, 0.2) is 17.0 Å². The van der Waals surface area contributed by atoms with Crippen molar-refractivity contribution in [3.05, 3.63) is 17.4 Å². The van der Waals surface area contributed by atoms with E-state index in [1.54, 1.807) is 6.26 Å². The van der Waals surface area contributed by atoms with Crippen molar-refractivity contribution in [2.75, 3.05) is 0 Å². The van der Waals surface area contributed by atoms with Crippen LogP contribution in [0.15, 0.2) is 17.1 Å². The molecule has 0 radical (unpaired) electrons. The third kappa shape index (κ3) is 1.49. The Bertz CT molecular complexity index is 521. The summed E-state index contributed by atoms with van der Waals surface area (Å²) in [6.45, 7) is 0. The van der Waals surface area contributed by atoms with Crippen molar-refractivity contribution in [2.24, 2.45) is 0 Å².